The van der Waals surface area contributed by atoms with Crippen LogP contribution in [0.15, 0.2) is 35.1 Å². The second-order valence-electron chi connectivity index (χ2n) is 6.33. The molecule has 5 nitrogen and oxygen atoms in total. The third-order valence-electron chi connectivity index (χ3n) is 4.81. The number of carbonyl (C=O) groups is 1. The number of aromatic amines is 1. The first kappa shape index (κ1) is 17.9. The van der Waals surface area contributed by atoms with Gasteiger partial charge < -0.3 is 19.2 Å². The van der Waals surface area contributed by atoms with E-state index in [4.69, 9.17) is 20.8 Å². The number of hydrogen-bond donors (Lipinski definition) is 2. The van der Waals surface area contributed by atoms with Crippen LogP contribution in [0.25, 0.3) is 10.9 Å². The van der Waals surface area contributed by atoms with Crippen LogP contribution in [0.3, 0.4) is 0 Å². The van der Waals surface area contributed by atoms with Crippen LogP contribution in [-0.4, -0.2) is 22.7 Å². The van der Waals surface area contributed by atoms with E-state index in [0.717, 1.165) is 6.07 Å². The highest BCUT2D eigenvalue weighted by Gasteiger charge is 2.46. The lowest BCUT2D eigenvalue weighted by molar-refractivity contribution is -0.145. The Morgan fingerprint density at radius 1 is 1.33 bits per heavy atom. The van der Waals surface area contributed by atoms with E-state index in [2.05, 4.69) is 4.98 Å². The summed E-state index contributed by atoms with van der Waals surface area (Å²) in [4.78, 5) is 14.5. The van der Waals surface area contributed by atoms with E-state index in [-0.39, 0.29) is 34.6 Å². The van der Waals surface area contributed by atoms with E-state index < -0.39 is 29.7 Å². The minimum absolute atomic E-state index is 0.0495. The van der Waals surface area contributed by atoms with Crippen LogP contribution in [0.4, 0.5) is 13.2 Å². The Bertz CT molecular complexity index is 1030. The molecule has 1 aliphatic rings. The smallest absolute Gasteiger partial charge is 0.417 e. The predicted octanol–water partition coefficient (Wildman–Crippen LogP) is 4.72. The molecule has 0 radical (unpaired) electrons. The Kier molecular flexibility index (Phi) is 4.01. The van der Waals surface area contributed by atoms with Crippen LogP contribution in [0, 0.1) is 0 Å². The van der Waals surface area contributed by atoms with Crippen molar-refractivity contribution < 1.29 is 32.2 Å². The molecule has 0 aliphatic carbocycles. The summed E-state index contributed by atoms with van der Waals surface area (Å²) >= 11 is 6.15. The summed E-state index contributed by atoms with van der Waals surface area (Å²) in [6.45, 7) is 0.0578. The summed E-state index contributed by atoms with van der Waals surface area (Å²) in [5, 5.41) is 9.50. The average molecular weight is 400 g/mol. The molecule has 3 aromatic rings. The molecule has 142 valence electrons. The number of rotatable bonds is 3. The lowest BCUT2D eigenvalue weighted by atomic mass is 9.83. The van der Waals surface area contributed by atoms with Gasteiger partial charge in [0.25, 0.3) is 0 Å². The van der Waals surface area contributed by atoms with Gasteiger partial charge in [-0.1, -0.05) is 11.6 Å². The molecule has 0 spiro atoms. The van der Waals surface area contributed by atoms with E-state index in [0.29, 0.717) is 11.1 Å². The maximum absolute atomic E-state index is 13.6. The van der Waals surface area contributed by atoms with Crippen LogP contribution < -0.4 is 0 Å². The normalized spacial score (nSPS) is 20.0. The van der Waals surface area contributed by atoms with Crippen molar-refractivity contribution in [2.45, 2.75) is 24.6 Å². The maximum atomic E-state index is 13.6. The van der Waals surface area contributed by atoms with Gasteiger partial charge in [-0.3, -0.25) is 4.79 Å². The van der Waals surface area contributed by atoms with Crippen molar-refractivity contribution in [2.24, 2.45) is 0 Å². The lowest BCUT2D eigenvalue weighted by Crippen LogP contribution is -2.38. The van der Waals surface area contributed by atoms with E-state index in [1.54, 1.807) is 0 Å². The van der Waals surface area contributed by atoms with Gasteiger partial charge in [-0.2, -0.15) is 13.2 Å². The van der Waals surface area contributed by atoms with Crippen LogP contribution in [0.1, 0.15) is 28.8 Å². The Hall–Kier alpha value is -2.45. The number of H-pyrrole nitrogens is 1. The number of hydrogen-bond acceptors (Lipinski definition) is 3. The first-order chi connectivity index (χ1) is 12.7. The van der Waals surface area contributed by atoms with Gasteiger partial charge in [-0.15, -0.1) is 0 Å². The molecule has 0 saturated carbocycles. The summed E-state index contributed by atoms with van der Waals surface area (Å²) in [5.74, 6) is -1.16. The third-order valence-corrected chi connectivity index (χ3v) is 5.12. The predicted molar refractivity (Wildman–Crippen MR) is 89.7 cm³/mol. The molecule has 27 heavy (non-hydrogen) atoms. The average Bonchev–Trinajstić information content (AvgIpc) is 3.22. The number of fused-ring (bicyclic) bond motifs is 3. The minimum Gasteiger partial charge on any atom is -0.481 e. The molecule has 1 aliphatic heterocycles. The first-order valence-electron chi connectivity index (χ1n) is 8.03. The maximum Gasteiger partial charge on any atom is 0.417 e. The number of furan rings is 1. The number of halogens is 4. The molecule has 1 unspecified atom stereocenters. The van der Waals surface area contributed by atoms with Gasteiger partial charge in [0.15, 0.2) is 0 Å². The molecule has 0 saturated heterocycles. The van der Waals surface area contributed by atoms with E-state index in [9.17, 15) is 23.1 Å². The Morgan fingerprint density at radius 3 is 2.74 bits per heavy atom. The molecule has 0 amide bonds. The fraction of sp³-hybridized carbons (Fsp3) is 0.278. The van der Waals surface area contributed by atoms with Crippen molar-refractivity contribution >= 4 is 28.5 Å². The molecule has 3 heterocycles. The third kappa shape index (κ3) is 2.71. The lowest BCUT2D eigenvalue weighted by Gasteiger charge is -2.35. The van der Waals surface area contributed by atoms with Crippen molar-refractivity contribution in [3.05, 3.63) is 58.1 Å². The van der Waals surface area contributed by atoms with Crippen molar-refractivity contribution in [3.63, 3.8) is 0 Å². The highest BCUT2D eigenvalue weighted by Crippen LogP contribution is 2.47. The van der Waals surface area contributed by atoms with Crippen LogP contribution >= 0.6 is 11.6 Å². The van der Waals surface area contributed by atoms with Gasteiger partial charge in [-0.05, 0) is 30.2 Å². The van der Waals surface area contributed by atoms with Gasteiger partial charge >= 0.3 is 12.1 Å². The standard InChI is InChI=1S/C18H13ClF3NO4/c19-12-2-1-11(18(20,21)22)14-10-4-6-27-17(7-13(24)25,9-3-5-26-8-9)16(10)23-15(12)14/h1-3,5,8,23H,4,6-7H2,(H,24,25). The van der Waals surface area contributed by atoms with E-state index in [1.807, 2.05) is 0 Å². The second-order valence-corrected chi connectivity index (χ2v) is 6.74. The van der Waals surface area contributed by atoms with Gasteiger partial charge in [0.2, 0.25) is 0 Å². The van der Waals surface area contributed by atoms with Crippen LogP contribution in [0.5, 0.6) is 0 Å². The molecule has 1 atom stereocenters. The topological polar surface area (TPSA) is 75.5 Å². The van der Waals surface area contributed by atoms with E-state index >= 15 is 0 Å². The van der Waals surface area contributed by atoms with E-state index in [1.165, 1.54) is 24.7 Å². The first-order valence-corrected chi connectivity index (χ1v) is 8.41. The quantitative estimate of drug-likeness (QED) is 0.668. The van der Waals surface area contributed by atoms with Gasteiger partial charge in [-0.25, -0.2) is 0 Å². The minimum atomic E-state index is -4.58. The number of nitrogens with one attached hydrogen (secondary N) is 1. The molecule has 2 N–H and O–H groups in total. The zero-order chi connectivity index (χ0) is 19.4. The molecular weight excluding hydrogens is 387 g/mol. The van der Waals surface area contributed by atoms with Crippen LogP contribution in [0.2, 0.25) is 5.02 Å². The van der Waals surface area contributed by atoms with Gasteiger partial charge in [0, 0.05) is 10.9 Å². The zero-order valence-corrected chi connectivity index (χ0v) is 14.4. The fourth-order valence-electron chi connectivity index (χ4n) is 3.75. The summed E-state index contributed by atoms with van der Waals surface area (Å²) in [5.41, 5.74) is -1.18. The second kappa shape index (κ2) is 6.03. The number of alkyl halides is 3. The molecule has 2 aromatic heterocycles. The molecule has 9 heteroatoms. The fourth-order valence-corrected chi connectivity index (χ4v) is 3.95. The van der Waals surface area contributed by atoms with Crippen LogP contribution in [-0.2, 0) is 27.7 Å². The number of ether oxygens (including phenoxy) is 1. The van der Waals surface area contributed by atoms with Gasteiger partial charge in [0.05, 0.1) is 47.4 Å². The molecular formula is C18H13ClF3NO4. The number of aliphatic carboxylic acids is 1. The number of carboxylic acid groups (broad SMARTS) is 1. The number of carboxylic acids is 1. The zero-order valence-electron chi connectivity index (χ0n) is 13.7. The Morgan fingerprint density at radius 2 is 2.11 bits per heavy atom. The highest BCUT2D eigenvalue weighted by molar-refractivity contribution is 6.35. The SMILES string of the molecule is O=C(O)CC1(c2ccoc2)OCCc2c1[nH]c1c(Cl)ccc(C(F)(F)F)c21. The molecule has 1 aromatic carbocycles. The monoisotopic (exact) mass is 399 g/mol. The number of aromatic nitrogens is 1. The number of benzene rings is 1. The summed E-state index contributed by atoms with van der Waals surface area (Å²) in [6, 6.07) is 3.65. The van der Waals surface area contributed by atoms with Crippen molar-refractivity contribution in [3.8, 4) is 0 Å². The Balaban J connectivity index is 2.07. The molecule has 0 fully saturated rings. The largest absolute Gasteiger partial charge is 0.481 e. The van der Waals surface area contributed by atoms with Crippen molar-refractivity contribution in [1.82, 2.24) is 4.98 Å². The summed E-state index contributed by atoms with van der Waals surface area (Å²) < 4.78 is 51.6. The molecule has 4 rings (SSSR count). The Labute approximate surface area is 155 Å². The summed E-state index contributed by atoms with van der Waals surface area (Å²) in [6.07, 6.45) is -2.19. The molecule has 0 bridgehead atoms. The van der Waals surface area contributed by atoms with Crippen molar-refractivity contribution in [2.75, 3.05) is 6.61 Å². The summed E-state index contributed by atoms with van der Waals surface area (Å²) in [7, 11) is 0. The van der Waals surface area contributed by atoms with Crippen molar-refractivity contribution in [1.29, 1.82) is 0 Å². The van der Waals surface area contributed by atoms with Gasteiger partial charge in [0.1, 0.15) is 5.60 Å². The highest BCUT2D eigenvalue weighted by atomic mass is 35.5.